The number of piperidine rings is 2. The second-order valence-electron chi connectivity index (χ2n) is 4.49. The summed E-state index contributed by atoms with van der Waals surface area (Å²) in [6, 6.07) is 0.741. The van der Waals surface area contributed by atoms with Crippen LogP contribution in [0, 0.1) is 5.92 Å². The van der Waals surface area contributed by atoms with Crippen molar-refractivity contribution in [3.05, 3.63) is 0 Å². The molecule has 4 heteroatoms. The summed E-state index contributed by atoms with van der Waals surface area (Å²) in [5.41, 5.74) is 2.18. The van der Waals surface area contributed by atoms with E-state index in [-0.39, 0.29) is 5.91 Å². The highest BCUT2D eigenvalue weighted by atomic mass is 16.2. The van der Waals surface area contributed by atoms with Gasteiger partial charge < -0.3 is 0 Å². The second-order valence-corrected chi connectivity index (χ2v) is 4.49. The van der Waals surface area contributed by atoms with Crippen LogP contribution in [-0.2, 0) is 4.79 Å². The number of fused-ring (bicyclic) bond motifs is 3. The lowest BCUT2D eigenvalue weighted by atomic mass is 9.80. The molecule has 14 heavy (non-hydrogen) atoms. The van der Waals surface area contributed by atoms with Crippen LogP contribution in [0.25, 0.3) is 0 Å². The van der Waals surface area contributed by atoms with Gasteiger partial charge in [0.25, 0.3) is 0 Å². The summed E-state index contributed by atoms with van der Waals surface area (Å²) in [5, 5.41) is 0. The zero-order valence-corrected chi connectivity index (χ0v) is 8.54. The Labute approximate surface area is 84.8 Å². The van der Waals surface area contributed by atoms with Crippen molar-refractivity contribution in [3.63, 3.8) is 0 Å². The van der Waals surface area contributed by atoms with Crippen LogP contribution in [-0.4, -0.2) is 29.9 Å². The van der Waals surface area contributed by atoms with E-state index >= 15 is 0 Å². The molecule has 3 fully saturated rings. The average Bonchev–Trinajstić information content (AvgIpc) is 2.27. The Kier molecular flexibility index (Phi) is 3.03. The van der Waals surface area contributed by atoms with E-state index in [1.807, 2.05) is 0 Å². The molecule has 0 radical (unpaired) electrons. The number of hydrogen-bond acceptors (Lipinski definition) is 3. The van der Waals surface area contributed by atoms with Crippen LogP contribution in [0.4, 0.5) is 0 Å². The number of nitrogens with one attached hydrogen (secondary N) is 1. The lowest BCUT2D eigenvalue weighted by molar-refractivity contribution is -0.121. The summed E-state index contributed by atoms with van der Waals surface area (Å²) >= 11 is 0. The molecule has 0 spiro atoms. The first-order valence-corrected chi connectivity index (χ1v) is 5.53. The largest absolute Gasteiger partial charge is 0.300 e. The molecule has 1 amide bonds. The van der Waals surface area contributed by atoms with Gasteiger partial charge in [0.1, 0.15) is 0 Å². The Hall–Kier alpha value is -0.610. The lowest BCUT2D eigenvalue weighted by Gasteiger charge is -2.45. The number of hydrazine groups is 1. The minimum Gasteiger partial charge on any atom is -0.300 e. The van der Waals surface area contributed by atoms with Crippen LogP contribution < -0.4 is 11.3 Å². The van der Waals surface area contributed by atoms with Gasteiger partial charge in [-0.15, -0.1) is 0 Å². The molecule has 1 aliphatic carbocycles. The van der Waals surface area contributed by atoms with Gasteiger partial charge in [-0.2, -0.15) is 0 Å². The van der Waals surface area contributed by atoms with E-state index in [0.29, 0.717) is 6.42 Å². The first-order valence-electron chi connectivity index (χ1n) is 5.53. The summed E-state index contributed by atoms with van der Waals surface area (Å²) in [6.45, 7) is 2.08. The molecule has 3 N–H and O–H groups in total. The van der Waals surface area contributed by atoms with Crippen LogP contribution in [0.15, 0.2) is 0 Å². The third-order valence-corrected chi connectivity index (χ3v) is 3.61. The lowest BCUT2D eigenvalue weighted by Crippen LogP contribution is -2.49. The maximum Gasteiger partial charge on any atom is 0.235 e. The van der Waals surface area contributed by atoms with Crippen molar-refractivity contribution in [3.8, 4) is 0 Å². The Balaban J connectivity index is 1.78. The molecule has 0 aromatic heterocycles. The van der Waals surface area contributed by atoms with E-state index in [1.165, 1.54) is 32.2 Å². The van der Waals surface area contributed by atoms with Gasteiger partial charge in [-0.05, 0) is 31.6 Å². The quantitative estimate of drug-likeness (QED) is 0.387. The molecule has 0 aromatic rings. The summed E-state index contributed by atoms with van der Waals surface area (Å²) in [6.07, 6.45) is 5.98. The van der Waals surface area contributed by atoms with Crippen LogP contribution in [0.1, 0.15) is 32.1 Å². The van der Waals surface area contributed by atoms with E-state index in [4.69, 9.17) is 5.84 Å². The van der Waals surface area contributed by atoms with Gasteiger partial charge >= 0.3 is 0 Å². The van der Waals surface area contributed by atoms with Gasteiger partial charge in [-0.1, -0.05) is 0 Å². The highest BCUT2D eigenvalue weighted by molar-refractivity contribution is 5.75. The number of hydrogen-bond donors (Lipinski definition) is 2. The molecule has 0 aromatic carbocycles. The molecule has 3 rings (SSSR count). The Morgan fingerprint density at radius 3 is 2.57 bits per heavy atom. The summed E-state index contributed by atoms with van der Waals surface area (Å²) in [5.74, 6) is 5.89. The van der Waals surface area contributed by atoms with Crippen molar-refractivity contribution in [2.45, 2.75) is 38.1 Å². The maximum absolute atomic E-state index is 11.0. The minimum absolute atomic E-state index is 0.0496. The van der Waals surface area contributed by atoms with E-state index in [0.717, 1.165) is 18.5 Å². The van der Waals surface area contributed by atoms with Gasteiger partial charge in [0, 0.05) is 25.6 Å². The monoisotopic (exact) mass is 197 g/mol. The minimum atomic E-state index is -0.0496. The predicted molar refractivity (Wildman–Crippen MR) is 54.3 cm³/mol. The number of nitrogens with two attached hydrogens (primary N) is 1. The summed E-state index contributed by atoms with van der Waals surface area (Å²) in [4.78, 5) is 13.5. The molecule has 80 valence electrons. The maximum atomic E-state index is 11.0. The zero-order valence-electron chi connectivity index (χ0n) is 8.54. The molecule has 2 bridgehead atoms. The Morgan fingerprint density at radius 2 is 2.07 bits per heavy atom. The van der Waals surface area contributed by atoms with Gasteiger partial charge in [0.2, 0.25) is 5.91 Å². The molecule has 0 atom stereocenters. The molecule has 2 saturated heterocycles. The van der Waals surface area contributed by atoms with Crippen LogP contribution >= 0.6 is 0 Å². The average molecular weight is 197 g/mol. The van der Waals surface area contributed by atoms with E-state index in [2.05, 4.69) is 10.3 Å². The van der Waals surface area contributed by atoms with Crippen LogP contribution in [0.5, 0.6) is 0 Å². The molecular weight excluding hydrogens is 178 g/mol. The zero-order chi connectivity index (χ0) is 9.97. The number of amides is 1. The fourth-order valence-electron chi connectivity index (χ4n) is 2.76. The highest BCUT2D eigenvalue weighted by Gasteiger charge is 2.33. The first-order chi connectivity index (χ1) is 6.79. The SMILES string of the molecule is NNC(=O)CCN1CC2CCC1CC2. The third-order valence-electron chi connectivity index (χ3n) is 3.61. The number of nitrogens with zero attached hydrogens (tertiary/aromatic N) is 1. The smallest absolute Gasteiger partial charge is 0.235 e. The molecule has 4 nitrogen and oxygen atoms in total. The molecule has 2 aliphatic heterocycles. The first kappa shape index (κ1) is 9.93. The summed E-state index contributed by atoms with van der Waals surface area (Å²) < 4.78 is 0. The van der Waals surface area contributed by atoms with Crippen LogP contribution in [0.3, 0.4) is 0 Å². The summed E-state index contributed by atoms with van der Waals surface area (Å²) in [7, 11) is 0. The van der Waals surface area contributed by atoms with E-state index < -0.39 is 0 Å². The third kappa shape index (κ3) is 2.07. The van der Waals surface area contributed by atoms with Gasteiger partial charge in [0.05, 0.1) is 0 Å². The van der Waals surface area contributed by atoms with Crippen molar-refractivity contribution in [1.82, 2.24) is 10.3 Å². The van der Waals surface area contributed by atoms with Crippen molar-refractivity contribution in [1.29, 1.82) is 0 Å². The highest BCUT2D eigenvalue weighted by Crippen LogP contribution is 2.34. The normalized spacial score (nSPS) is 31.8. The van der Waals surface area contributed by atoms with E-state index in [1.54, 1.807) is 0 Å². The van der Waals surface area contributed by atoms with Crippen LogP contribution in [0.2, 0.25) is 0 Å². The molecule has 1 saturated carbocycles. The molecule has 3 aliphatic rings. The van der Waals surface area contributed by atoms with Gasteiger partial charge in [0.15, 0.2) is 0 Å². The fraction of sp³-hybridized carbons (Fsp3) is 0.900. The van der Waals surface area contributed by atoms with Crippen molar-refractivity contribution >= 4 is 5.91 Å². The Bertz CT molecular complexity index is 211. The molecular formula is C10H19N3O. The standard InChI is InChI=1S/C10H19N3O/c11-12-10(14)5-6-13-7-8-1-3-9(13)4-2-8/h8-9H,1-7,11H2,(H,12,14). The van der Waals surface area contributed by atoms with Crippen molar-refractivity contribution in [2.75, 3.05) is 13.1 Å². The molecule has 2 heterocycles. The number of carbonyl (C=O) groups excluding carboxylic acids is 1. The molecule has 0 unspecified atom stereocenters. The predicted octanol–water partition coefficient (Wildman–Crippen LogP) is 0.241. The number of rotatable bonds is 3. The van der Waals surface area contributed by atoms with Gasteiger partial charge in [-0.3, -0.25) is 15.1 Å². The van der Waals surface area contributed by atoms with Gasteiger partial charge in [-0.25, -0.2) is 5.84 Å². The fourth-order valence-corrected chi connectivity index (χ4v) is 2.76. The Morgan fingerprint density at radius 1 is 1.36 bits per heavy atom. The number of carbonyl (C=O) groups is 1. The van der Waals surface area contributed by atoms with Crippen molar-refractivity contribution in [2.24, 2.45) is 11.8 Å². The second kappa shape index (κ2) is 4.28. The van der Waals surface area contributed by atoms with Crippen molar-refractivity contribution < 1.29 is 4.79 Å². The van der Waals surface area contributed by atoms with E-state index in [9.17, 15) is 4.79 Å². The topological polar surface area (TPSA) is 58.4 Å².